The Balaban J connectivity index is 1.73. The molecule has 0 aliphatic carbocycles. The highest BCUT2D eigenvalue weighted by atomic mass is 16.3. The van der Waals surface area contributed by atoms with Crippen LogP contribution in [0, 0.1) is 11.3 Å². The van der Waals surface area contributed by atoms with Crippen molar-refractivity contribution in [3.63, 3.8) is 0 Å². The molecule has 98 valence electrons. The number of furan rings is 1. The smallest absolute Gasteiger partial charge is 0.103 e. The molecule has 0 saturated carbocycles. The maximum absolute atomic E-state index is 8.73. The van der Waals surface area contributed by atoms with Crippen LogP contribution in [0.1, 0.15) is 30.2 Å². The summed E-state index contributed by atoms with van der Waals surface area (Å²) in [6, 6.07) is 14.2. The lowest BCUT2D eigenvalue weighted by atomic mass is 10.1. The van der Waals surface area contributed by atoms with Crippen LogP contribution in [-0.2, 0) is 13.0 Å². The van der Waals surface area contributed by atoms with E-state index in [0.717, 1.165) is 25.1 Å². The number of nitrogens with one attached hydrogen (secondary N) is 1. The summed E-state index contributed by atoms with van der Waals surface area (Å²) < 4.78 is 5.31. The fraction of sp³-hybridized carbons (Fsp3) is 0.312. The second-order valence-corrected chi connectivity index (χ2v) is 4.71. The molecule has 19 heavy (non-hydrogen) atoms. The van der Waals surface area contributed by atoms with Crippen LogP contribution in [0.15, 0.2) is 47.1 Å². The second kappa shape index (κ2) is 6.77. The van der Waals surface area contributed by atoms with Crippen molar-refractivity contribution in [1.82, 2.24) is 5.32 Å². The topological polar surface area (TPSA) is 49.0 Å². The Morgan fingerprint density at radius 1 is 1.26 bits per heavy atom. The highest BCUT2D eigenvalue weighted by Gasteiger charge is 2.04. The standard InChI is InChI=1S/C16H18N2O/c1-13(4-9-16-3-2-10-19-16)18-12-15-7-5-14(11-17)6-8-15/h2-3,5-8,10,13,18H,4,9,12H2,1H3. The van der Waals surface area contributed by atoms with Crippen LogP contribution in [0.3, 0.4) is 0 Å². The maximum atomic E-state index is 8.73. The minimum Gasteiger partial charge on any atom is -0.469 e. The normalized spacial score (nSPS) is 12.0. The van der Waals surface area contributed by atoms with Crippen molar-refractivity contribution in [2.75, 3.05) is 0 Å². The SMILES string of the molecule is CC(CCc1ccco1)NCc1ccc(C#N)cc1. The van der Waals surface area contributed by atoms with E-state index >= 15 is 0 Å². The van der Waals surface area contributed by atoms with Gasteiger partial charge in [-0.25, -0.2) is 0 Å². The minimum atomic E-state index is 0.431. The van der Waals surface area contributed by atoms with Gasteiger partial charge in [0.25, 0.3) is 0 Å². The molecule has 1 atom stereocenters. The van der Waals surface area contributed by atoms with Gasteiger partial charge in [0, 0.05) is 19.0 Å². The largest absolute Gasteiger partial charge is 0.469 e. The minimum absolute atomic E-state index is 0.431. The van der Waals surface area contributed by atoms with Crippen molar-refractivity contribution in [2.24, 2.45) is 0 Å². The Hall–Kier alpha value is -2.05. The van der Waals surface area contributed by atoms with Crippen LogP contribution in [0.2, 0.25) is 0 Å². The first-order valence-electron chi connectivity index (χ1n) is 6.53. The molecule has 0 bridgehead atoms. The monoisotopic (exact) mass is 254 g/mol. The van der Waals surface area contributed by atoms with Gasteiger partial charge >= 0.3 is 0 Å². The number of aryl methyl sites for hydroxylation is 1. The van der Waals surface area contributed by atoms with Gasteiger partial charge in [-0.1, -0.05) is 12.1 Å². The summed E-state index contributed by atoms with van der Waals surface area (Å²) in [6.45, 7) is 3.00. The van der Waals surface area contributed by atoms with Crippen molar-refractivity contribution in [3.05, 3.63) is 59.5 Å². The van der Waals surface area contributed by atoms with E-state index in [4.69, 9.17) is 9.68 Å². The van der Waals surface area contributed by atoms with E-state index in [1.54, 1.807) is 6.26 Å². The zero-order valence-corrected chi connectivity index (χ0v) is 11.1. The summed E-state index contributed by atoms with van der Waals surface area (Å²) >= 11 is 0. The molecule has 0 saturated heterocycles. The van der Waals surface area contributed by atoms with Gasteiger partial charge in [-0.15, -0.1) is 0 Å². The van der Waals surface area contributed by atoms with Crippen LogP contribution in [0.25, 0.3) is 0 Å². The highest BCUT2D eigenvalue weighted by molar-refractivity contribution is 5.31. The average Bonchev–Trinajstić information content (AvgIpc) is 2.96. The van der Waals surface area contributed by atoms with Crippen molar-refractivity contribution >= 4 is 0 Å². The lowest BCUT2D eigenvalue weighted by Gasteiger charge is -2.13. The Kier molecular flexibility index (Phi) is 4.77. The molecule has 3 heteroatoms. The first kappa shape index (κ1) is 13.4. The summed E-state index contributed by atoms with van der Waals surface area (Å²) in [7, 11) is 0. The van der Waals surface area contributed by atoms with E-state index in [1.165, 1.54) is 5.56 Å². The quantitative estimate of drug-likeness (QED) is 0.860. The van der Waals surface area contributed by atoms with Gasteiger partial charge < -0.3 is 9.73 Å². The van der Waals surface area contributed by atoms with E-state index in [2.05, 4.69) is 18.3 Å². The van der Waals surface area contributed by atoms with Crippen LogP contribution >= 0.6 is 0 Å². The van der Waals surface area contributed by atoms with Gasteiger partial charge in [-0.2, -0.15) is 5.26 Å². The third-order valence-corrected chi connectivity index (χ3v) is 3.14. The van der Waals surface area contributed by atoms with Crippen molar-refractivity contribution in [2.45, 2.75) is 32.4 Å². The molecule has 0 amide bonds. The Labute approximate surface area is 113 Å². The number of nitriles is 1. The lowest BCUT2D eigenvalue weighted by molar-refractivity contribution is 0.460. The first-order valence-corrected chi connectivity index (χ1v) is 6.53. The molecule has 0 spiro atoms. The fourth-order valence-corrected chi connectivity index (χ4v) is 1.90. The van der Waals surface area contributed by atoms with Gasteiger partial charge in [-0.3, -0.25) is 0 Å². The molecule has 1 N–H and O–H groups in total. The Morgan fingerprint density at radius 3 is 2.68 bits per heavy atom. The Morgan fingerprint density at radius 2 is 2.05 bits per heavy atom. The molecule has 2 aromatic rings. The summed E-state index contributed by atoms with van der Waals surface area (Å²) in [5, 5.41) is 12.2. The van der Waals surface area contributed by atoms with Crippen LogP contribution in [0.4, 0.5) is 0 Å². The van der Waals surface area contributed by atoms with E-state index in [-0.39, 0.29) is 0 Å². The third-order valence-electron chi connectivity index (χ3n) is 3.14. The first-order chi connectivity index (χ1) is 9.28. The maximum Gasteiger partial charge on any atom is 0.103 e. The molecule has 0 radical (unpaired) electrons. The van der Waals surface area contributed by atoms with Gasteiger partial charge in [0.05, 0.1) is 17.9 Å². The van der Waals surface area contributed by atoms with Crippen LogP contribution in [0.5, 0.6) is 0 Å². The third kappa shape index (κ3) is 4.27. The summed E-state index contributed by atoms with van der Waals surface area (Å²) in [5.74, 6) is 1.03. The molecular formula is C16H18N2O. The number of benzene rings is 1. The predicted molar refractivity (Wildman–Crippen MR) is 74.5 cm³/mol. The summed E-state index contributed by atoms with van der Waals surface area (Å²) in [4.78, 5) is 0. The van der Waals surface area contributed by atoms with Crippen molar-refractivity contribution in [3.8, 4) is 6.07 Å². The molecule has 1 aromatic carbocycles. The fourth-order valence-electron chi connectivity index (χ4n) is 1.90. The molecule has 2 rings (SSSR count). The van der Waals surface area contributed by atoms with Crippen molar-refractivity contribution < 1.29 is 4.42 Å². The van der Waals surface area contributed by atoms with Crippen LogP contribution in [-0.4, -0.2) is 6.04 Å². The summed E-state index contributed by atoms with van der Waals surface area (Å²) in [6.07, 6.45) is 3.71. The average molecular weight is 254 g/mol. The van der Waals surface area contributed by atoms with E-state index in [0.29, 0.717) is 11.6 Å². The number of nitrogens with zero attached hydrogens (tertiary/aromatic N) is 1. The highest BCUT2D eigenvalue weighted by Crippen LogP contribution is 2.07. The Bertz CT molecular complexity index is 523. The predicted octanol–water partition coefficient (Wildman–Crippen LogP) is 3.26. The van der Waals surface area contributed by atoms with E-state index in [9.17, 15) is 0 Å². The number of rotatable bonds is 6. The van der Waals surface area contributed by atoms with Gasteiger partial charge in [0.2, 0.25) is 0 Å². The molecule has 0 aliphatic heterocycles. The molecule has 1 unspecified atom stereocenters. The molecular weight excluding hydrogens is 236 g/mol. The van der Waals surface area contributed by atoms with Crippen LogP contribution < -0.4 is 5.32 Å². The molecule has 1 heterocycles. The zero-order chi connectivity index (χ0) is 13.5. The van der Waals surface area contributed by atoms with Gasteiger partial charge in [0.15, 0.2) is 0 Å². The van der Waals surface area contributed by atoms with E-state index in [1.807, 2.05) is 36.4 Å². The number of hydrogen-bond acceptors (Lipinski definition) is 3. The molecule has 3 nitrogen and oxygen atoms in total. The zero-order valence-electron chi connectivity index (χ0n) is 11.1. The van der Waals surface area contributed by atoms with Gasteiger partial charge in [0.1, 0.15) is 5.76 Å². The molecule has 0 fully saturated rings. The molecule has 1 aromatic heterocycles. The molecule has 0 aliphatic rings. The van der Waals surface area contributed by atoms with Gasteiger partial charge in [-0.05, 0) is 43.2 Å². The summed E-state index contributed by atoms with van der Waals surface area (Å²) in [5.41, 5.74) is 1.90. The number of hydrogen-bond donors (Lipinski definition) is 1. The second-order valence-electron chi connectivity index (χ2n) is 4.71. The lowest BCUT2D eigenvalue weighted by Crippen LogP contribution is -2.25. The van der Waals surface area contributed by atoms with Crippen molar-refractivity contribution in [1.29, 1.82) is 5.26 Å². The van der Waals surface area contributed by atoms with E-state index < -0.39 is 0 Å².